The molecule has 0 aromatic carbocycles. The van der Waals surface area contributed by atoms with Crippen molar-refractivity contribution in [2.24, 2.45) is 11.8 Å². The highest BCUT2D eigenvalue weighted by Gasteiger charge is 2.41. The molecule has 2 saturated carbocycles. The molecule has 0 spiro atoms. The lowest BCUT2D eigenvalue weighted by Gasteiger charge is -2.29. The first-order valence-corrected chi connectivity index (χ1v) is 7.44. The minimum Gasteiger partial charge on any atom is -0.447 e. The van der Waals surface area contributed by atoms with E-state index in [1.165, 1.54) is 37.0 Å². The Morgan fingerprint density at radius 2 is 1.89 bits per heavy atom. The highest BCUT2D eigenvalue weighted by atomic mass is 16.6. The van der Waals surface area contributed by atoms with Crippen LogP contribution in [0.1, 0.15) is 44.9 Å². The van der Waals surface area contributed by atoms with Crippen LogP contribution in [0, 0.1) is 11.8 Å². The lowest BCUT2D eigenvalue weighted by atomic mass is 9.84. The molecule has 0 N–H and O–H groups in total. The Bertz CT molecular complexity index is 394. The van der Waals surface area contributed by atoms with E-state index in [-0.39, 0.29) is 11.9 Å². The Kier molecular flexibility index (Phi) is 3.58. The SMILES string of the molecule is O=C(/C=C/C1CC1)N1C(=O)OC[C@H]1C1CCCCC1. The summed E-state index contributed by atoms with van der Waals surface area (Å²) in [7, 11) is 0. The Morgan fingerprint density at radius 3 is 2.58 bits per heavy atom. The zero-order chi connectivity index (χ0) is 13.2. The van der Waals surface area contributed by atoms with E-state index < -0.39 is 6.09 Å². The van der Waals surface area contributed by atoms with Crippen LogP contribution in [-0.2, 0) is 9.53 Å². The van der Waals surface area contributed by atoms with Gasteiger partial charge in [-0.25, -0.2) is 9.69 Å². The van der Waals surface area contributed by atoms with Crippen molar-refractivity contribution in [1.29, 1.82) is 0 Å². The lowest BCUT2D eigenvalue weighted by Crippen LogP contribution is -2.43. The summed E-state index contributed by atoms with van der Waals surface area (Å²) >= 11 is 0. The first-order valence-electron chi connectivity index (χ1n) is 7.44. The number of carbonyl (C=O) groups is 2. The molecule has 0 aromatic heterocycles. The number of carbonyl (C=O) groups excluding carboxylic acids is 2. The van der Waals surface area contributed by atoms with E-state index in [1.54, 1.807) is 6.08 Å². The van der Waals surface area contributed by atoms with Crippen LogP contribution in [0.15, 0.2) is 12.2 Å². The van der Waals surface area contributed by atoms with E-state index in [4.69, 9.17) is 4.74 Å². The van der Waals surface area contributed by atoms with Gasteiger partial charge in [-0.3, -0.25) is 4.79 Å². The fourth-order valence-corrected chi connectivity index (χ4v) is 3.14. The van der Waals surface area contributed by atoms with Crippen molar-refractivity contribution < 1.29 is 14.3 Å². The molecule has 1 heterocycles. The molecule has 1 aliphatic heterocycles. The predicted molar refractivity (Wildman–Crippen MR) is 70.4 cm³/mol. The summed E-state index contributed by atoms with van der Waals surface area (Å²) < 4.78 is 5.11. The minimum atomic E-state index is -0.457. The van der Waals surface area contributed by atoms with Crippen molar-refractivity contribution in [1.82, 2.24) is 4.90 Å². The third-order valence-corrected chi connectivity index (χ3v) is 4.47. The quantitative estimate of drug-likeness (QED) is 0.735. The van der Waals surface area contributed by atoms with E-state index in [0.717, 1.165) is 12.8 Å². The van der Waals surface area contributed by atoms with E-state index in [9.17, 15) is 9.59 Å². The molecule has 0 radical (unpaired) electrons. The van der Waals surface area contributed by atoms with Crippen molar-refractivity contribution in [2.75, 3.05) is 6.61 Å². The predicted octanol–water partition coefficient (Wildman–Crippen LogP) is 2.88. The first-order chi connectivity index (χ1) is 9.25. The van der Waals surface area contributed by atoms with Crippen molar-refractivity contribution in [3.05, 3.63) is 12.2 Å². The largest absolute Gasteiger partial charge is 0.447 e. The average Bonchev–Trinajstić information content (AvgIpc) is 3.19. The van der Waals surface area contributed by atoms with Crippen LogP contribution in [0.4, 0.5) is 4.79 Å². The Morgan fingerprint density at radius 1 is 1.16 bits per heavy atom. The Labute approximate surface area is 113 Å². The van der Waals surface area contributed by atoms with Crippen LogP contribution in [0.25, 0.3) is 0 Å². The number of rotatable bonds is 3. The normalized spacial score (nSPS) is 28.9. The number of ether oxygens (including phenoxy) is 1. The highest BCUT2D eigenvalue weighted by Crippen LogP contribution is 2.33. The molecule has 2 amide bonds. The van der Waals surface area contributed by atoms with Gasteiger partial charge in [0.25, 0.3) is 5.91 Å². The number of allylic oxidation sites excluding steroid dienone is 1. The number of cyclic esters (lactones) is 1. The van der Waals surface area contributed by atoms with Crippen LogP contribution in [0.5, 0.6) is 0 Å². The molecule has 3 rings (SSSR count). The minimum absolute atomic E-state index is 0.0378. The number of nitrogens with zero attached hydrogens (tertiary/aromatic N) is 1. The molecule has 0 unspecified atom stereocenters. The summed E-state index contributed by atoms with van der Waals surface area (Å²) in [6.45, 7) is 0.381. The van der Waals surface area contributed by atoms with Gasteiger partial charge in [0.1, 0.15) is 6.61 Å². The second-order valence-electron chi connectivity index (χ2n) is 5.95. The summed E-state index contributed by atoms with van der Waals surface area (Å²) in [4.78, 5) is 25.3. The lowest BCUT2D eigenvalue weighted by molar-refractivity contribution is -0.125. The van der Waals surface area contributed by atoms with Gasteiger partial charge < -0.3 is 4.74 Å². The molecular weight excluding hydrogens is 242 g/mol. The summed E-state index contributed by atoms with van der Waals surface area (Å²) in [5.74, 6) is 0.791. The molecule has 0 bridgehead atoms. The van der Waals surface area contributed by atoms with Crippen LogP contribution in [-0.4, -0.2) is 29.5 Å². The Hall–Kier alpha value is -1.32. The highest BCUT2D eigenvalue weighted by molar-refractivity contribution is 5.99. The van der Waals surface area contributed by atoms with Gasteiger partial charge in [-0.15, -0.1) is 0 Å². The molecule has 104 valence electrons. The molecule has 4 nitrogen and oxygen atoms in total. The molecule has 1 atom stereocenters. The van der Waals surface area contributed by atoms with Gasteiger partial charge in [0.15, 0.2) is 0 Å². The third-order valence-electron chi connectivity index (χ3n) is 4.47. The van der Waals surface area contributed by atoms with Crippen molar-refractivity contribution in [3.63, 3.8) is 0 Å². The zero-order valence-electron chi connectivity index (χ0n) is 11.2. The molecule has 4 heteroatoms. The van der Waals surface area contributed by atoms with Crippen LogP contribution in [0.2, 0.25) is 0 Å². The van der Waals surface area contributed by atoms with Crippen LogP contribution >= 0.6 is 0 Å². The van der Waals surface area contributed by atoms with Gasteiger partial charge in [-0.05, 0) is 43.6 Å². The van der Waals surface area contributed by atoms with E-state index in [1.807, 2.05) is 6.08 Å². The van der Waals surface area contributed by atoms with Gasteiger partial charge in [-0.2, -0.15) is 0 Å². The fraction of sp³-hybridized carbons (Fsp3) is 0.733. The summed E-state index contributed by atoms with van der Waals surface area (Å²) in [6, 6.07) is -0.0378. The van der Waals surface area contributed by atoms with Gasteiger partial charge in [0.05, 0.1) is 6.04 Å². The smallest absolute Gasteiger partial charge is 0.417 e. The summed E-state index contributed by atoms with van der Waals surface area (Å²) in [5, 5.41) is 0. The van der Waals surface area contributed by atoms with Crippen LogP contribution in [0.3, 0.4) is 0 Å². The number of amides is 2. The van der Waals surface area contributed by atoms with E-state index in [2.05, 4.69) is 0 Å². The average molecular weight is 263 g/mol. The van der Waals surface area contributed by atoms with Gasteiger partial charge in [-0.1, -0.05) is 25.3 Å². The molecule has 2 aliphatic carbocycles. The molecular formula is C15H21NO3. The zero-order valence-corrected chi connectivity index (χ0v) is 11.2. The number of imide groups is 1. The Balaban J connectivity index is 1.68. The number of hydrogen-bond donors (Lipinski definition) is 0. The molecule has 3 aliphatic rings. The van der Waals surface area contributed by atoms with E-state index in [0.29, 0.717) is 18.4 Å². The summed E-state index contributed by atoms with van der Waals surface area (Å²) in [5.41, 5.74) is 0. The molecule has 3 fully saturated rings. The standard InChI is InChI=1S/C15H21NO3/c17-14(9-8-11-6-7-11)16-13(10-19-15(16)18)12-4-2-1-3-5-12/h8-9,11-13H,1-7,10H2/b9-8+/t13-/m0/s1. The molecule has 0 aromatic rings. The maximum Gasteiger partial charge on any atom is 0.417 e. The van der Waals surface area contributed by atoms with Crippen molar-refractivity contribution in [3.8, 4) is 0 Å². The first kappa shape index (κ1) is 12.7. The number of hydrogen-bond acceptors (Lipinski definition) is 3. The van der Waals surface area contributed by atoms with Crippen LogP contribution < -0.4 is 0 Å². The van der Waals surface area contributed by atoms with Gasteiger partial charge >= 0.3 is 6.09 Å². The fourth-order valence-electron chi connectivity index (χ4n) is 3.14. The van der Waals surface area contributed by atoms with Gasteiger partial charge in [0.2, 0.25) is 0 Å². The maximum atomic E-state index is 12.2. The van der Waals surface area contributed by atoms with Crippen molar-refractivity contribution >= 4 is 12.0 Å². The third kappa shape index (κ3) is 2.82. The monoisotopic (exact) mass is 263 g/mol. The molecule has 19 heavy (non-hydrogen) atoms. The summed E-state index contributed by atoms with van der Waals surface area (Å²) in [6.07, 6.45) is 11.3. The van der Waals surface area contributed by atoms with E-state index >= 15 is 0 Å². The topological polar surface area (TPSA) is 46.6 Å². The van der Waals surface area contributed by atoms with Crippen molar-refractivity contribution in [2.45, 2.75) is 51.0 Å². The van der Waals surface area contributed by atoms with Gasteiger partial charge in [0, 0.05) is 0 Å². The molecule has 1 saturated heterocycles. The second kappa shape index (κ2) is 5.35. The second-order valence-corrected chi connectivity index (χ2v) is 5.95. The maximum absolute atomic E-state index is 12.2.